The highest BCUT2D eigenvalue weighted by Crippen LogP contribution is 2.27. The van der Waals surface area contributed by atoms with Gasteiger partial charge in [-0.3, -0.25) is 9.69 Å². The highest BCUT2D eigenvalue weighted by molar-refractivity contribution is 6.31. The highest BCUT2D eigenvalue weighted by Gasteiger charge is 2.27. The molecule has 0 saturated carbocycles. The number of carbonyl (C=O) groups is 1. The number of rotatable bonds is 5. The van der Waals surface area contributed by atoms with Gasteiger partial charge in [-0.2, -0.15) is 5.10 Å². The van der Waals surface area contributed by atoms with Gasteiger partial charge in [-0.1, -0.05) is 29.8 Å². The first-order valence-corrected chi connectivity index (χ1v) is 11.5. The molecule has 6 nitrogen and oxygen atoms in total. The standard InChI is InChI=1S/C25H21ClF3N5O/c26-20-4-2-1-3-17(20)15-32-9-11-33(12-10-32)25(35)19-14-30-34-22(23(28)29)13-21(31-24(19)34)16-5-7-18(27)8-6-16/h1-8,13-14,23H,9-12,15H2. The number of alkyl halides is 2. The number of benzene rings is 2. The van der Waals surface area contributed by atoms with Crippen LogP contribution >= 0.6 is 11.6 Å². The lowest BCUT2D eigenvalue weighted by atomic mass is 10.1. The van der Waals surface area contributed by atoms with Crippen molar-refractivity contribution in [2.24, 2.45) is 0 Å². The van der Waals surface area contributed by atoms with E-state index in [1.54, 1.807) is 4.90 Å². The Balaban J connectivity index is 1.39. The van der Waals surface area contributed by atoms with Crippen molar-refractivity contribution in [1.82, 2.24) is 24.4 Å². The smallest absolute Gasteiger partial charge is 0.280 e. The molecule has 1 amide bonds. The van der Waals surface area contributed by atoms with Gasteiger partial charge in [0.1, 0.15) is 17.1 Å². The monoisotopic (exact) mass is 499 g/mol. The van der Waals surface area contributed by atoms with Crippen LogP contribution in [-0.4, -0.2) is 56.5 Å². The van der Waals surface area contributed by atoms with Crippen molar-refractivity contribution in [3.63, 3.8) is 0 Å². The van der Waals surface area contributed by atoms with Gasteiger partial charge in [0.25, 0.3) is 12.3 Å². The zero-order valence-corrected chi connectivity index (χ0v) is 19.3. The third-order valence-corrected chi connectivity index (χ3v) is 6.47. The summed E-state index contributed by atoms with van der Waals surface area (Å²) < 4.78 is 42.0. The van der Waals surface area contributed by atoms with Crippen LogP contribution in [0.1, 0.15) is 28.0 Å². The fourth-order valence-corrected chi connectivity index (χ4v) is 4.40. The molecule has 3 heterocycles. The van der Waals surface area contributed by atoms with E-state index in [1.807, 2.05) is 24.3 Å². The minimum absolute atomic E-state index is 0.0469. The topological polar surface area (TPSA) is 53.7 Å². The maximum Gasteiger partial charge on any atom is 0.280 e. The Morgan fingerprint density at radius 2 is 1.74 bits per heavy atom. The van der Waals surface area contributed by atoms with Gasteiger partial charge in [0.2, 0.25) is 0 Å². The van der Waals surface area contributed by atoms with E-state index in [0.717, 1.165) is 10.1 Å². The molecule has 0 atom stereocenters. The molecule has 0 aliphatic carbocycles. The third-order valence-electron chi connectivity index (χ3n) is 6.10. The first kappa shape index (κ1) is 23.3. The molecule has 2 aromatic carbocycles. The van der Waals surface area contributed by atoms with Crippen LogP contribution in [0.3, 0.4) is 0 Å². The van der Waals surface area contributed by atoms with Crippen molar-refractivity contribution in [3.05, 3.63) is 88.5 Å². The zero-order chi connectivity index (χ0) is 24.5. The molecule has 180 valence electrons. The van der Waals surface area contributed by atoms with Gasteiger partial charge in [0.15, 0.2) is 5.65 Å². The fourth-order valence-electron chi connectivity index (χ4n) is 4.21. The quantitative estimate of drug-likeness (QED) is 0.384. The number of carbonyl (C=O) groups excluding carboxylic acids is 1. The lowest BCUT2D eigenvalue weighted by Crippen LogP contribution is -2.48. The summed E-state index contributed by atoms with van der Waals surface area (Å²) in [6, 6.07) is 14.2. The number of hydrogen-bond donors (Lipinski definition) is 0. The largest absolute Gasteiger partial charge is 0.336 e. The second-order valence-electron chi connectivity index (χ2n) is 8.33. The Morgan fingerprint density at radius 3 is 2.43 bits per heavy atom. The summed E-state index contributed by atoms with van der Waals surface area (Å²) >= 11 is 6.27. The summed E-state index contributed by atoms with van der Waals surface area (Å²) in [5.74, 6) is -0.765. The third kappa shape index (κ3) is 4.74. The number of piperazine rings is 1. The predicted octanol–water partition coefficient (Wildman–Crippen LogP) is 5.08. The molecular formula is C25H21ClF3N5O. The zero-order valence-electron chi connectivity index (χ0n) is 18.5. The summed E-state index contributed by atoms with van der Waals surface area (Å²) in [7, 11) is 0. The number of fused-ring (bicyclic) bond motifs is 1. The van der Waals surface area contributed by atoms with Gasteiger partial charge in [-0.15, -0.1) is 0 Å². The molecule has 0 bridgehead atoms. The SMILES string of the molecule is O=C(c1cnn2c(C(F)F)cc(-c3ccc(F)cc3)nc12)N1CCN(Cc2ccccc2Cl)CC1. The molecule has 0 radical (unpaired) electrons. The summed E-state index contributed by atoms with van der Waals surface area (Å²) in [5, 5.41) is 4.73. The van der Waals surface area contributed by atoms with Gasteiger partial charge in [-0.05, 0) is 42.0 Å². The van der Waals surface area contributed by atoms with Crippen molar-refractivity contribution < 1.29 is 18.0 Å². The number of amides is 1. The van der Waals surface area contributed by atoms with Crippen LogP contribution in [0.2, 0.25) is 5.02 Å². The molecule has 10 heteroatoms. The van der Waals surface area contributed by atoms with E-state index in [-0.39, 0.29) is 22.8 Å². The van der Waals surface area contributed by atoms with Crippen LogP contribution in [0.5, 0.6) is 0 Å². The van der Waals surface area contributed by atoms with E-state index in [9.17, 15) is 18.0 Å². The Morgan fingerprint density at radius 1 is 1.03 bits per heavy atom. The Labute approximate surface area is 204 Å². The van der Waals surface area contributed by atoms with Crippen molar-refractivity contribution in [2.45, 2.75) is 13.0 Å². The van der Waals surface area contributed by atoms with Crippen LogP contribution in [0.25, 0.3) is 16.9 Å². The van der Waals surface area contributed by atoms with Crippen molar-refractivity contribution in [2.75, 3.05) is 26.2 Å². The summed E-state index contributed by atoms with van der Waals surface area (Å²) in [6.07, 6.45) is -1.56. The van der Waals surface area contributed by atoms with Crippen molar-refractivity contribution in [3.8, 4) is 11.3 Å². The molecule has 5 rings (SSSR count). The average molecular weight is 500 g/mol. The summed E-state index contributed by atoms with van der Waals surface area (Å²) in [5.41, 5.74) is 1.50. The van der Waals surface area contributed by atoms with E-state index in [4.69, 9.17) is 11.6 Å². The molecule has 0 spiro atoms. The summed E-state index contributed by atoms with van der Waals surface area (Å²) in [4.78, 5) is 21.7. The van der Waals surface area contributed by atoms with Crippen LogP contribution in [-0.2, 0) is 6.54 Å². The van der Waals surface area contributed by atoms with Crippen LogP contribution in [0.15, 0.2) is 60.8 Å². The number of hydrogen-bond acceptors (Lipinski definition) is 4. The maximum atomic E-state index is 13.8. The molecule has 1 aliphatic rings. The van der Waals surface area contributed by atoms with Gasteiger partial charge in [0.05, 0.1) is 11.9 Å². The Kier molecular flexibility index (Phi) is 6.44. The van der Waals surface area contributed by atoms with E-state index in [2.05, 4.69) is 15.0 Å². The molecule has 0 N–H and O–H groups in total. The molecule has 1 fully saturated rings. The molecule has 0 unspecified atom stereocenters. The minimum atomic E-state index is -2.84. The van der Waals surface area contributed by atoms with E-state index < -0.39 is 17.9 Å². The Hall–Kier alpha value is -3.43. The molecule has 35 heavy (non-hydrogen) atoms. The maximum absolute atomic E-state index is 13.8. The minimum Gasteiger partial charge on any atom is -0.336 e. The molecule has 1 aliphatic heterocycles. The van der Waals surface area contributed by atoms with E-state index >= 15 is 0 Å². The fraction of sp³-hybridized carbons (Fsp3) is 0.240. The number of aromatic nitrogens is 3. The second-order valence-corrected chi connectivity index (χ2v) is 8.73. The van der Waals surface area contributed by atoms with Crippen molar-refractivity contribution >= 4 is 23.2 Å². The van der Waals surface area contributed by atoms with Gasteiger partial charge >= 0.3 is 0 Å². The lowest BCUT2D eigenvalue weighted by Gasteiger charge is -2.34. The molecule has 4 aromatic rings. The predicted molar refractivity (Wildman–Crippen MR) is 126 cm³/mol. The molecular weight excluding hydrogens is 479 g/mol. The highest BCUT2D eigenvalue weighted by atomic mass is 35.5. The molecule has 1 saturated heterocycles. The van der Waals surface area contributed by atoms with Gasteiger partial charge in [-0.25, -0.2) is 22.7 Å². The van der Waals surface area contributed by atoms with Crippen LogP contribution < -0.4 is 0 Å². The van der Waals surface area contributed by atoms with Gasteiger partial charge in [0, 0.05) is 43.3 Å². The van der Waals surface area contributed by atoms with Crippen molar-refractivity contribution in [1.29, 1.82) is 0 Å². The van der Waals surface area contributed by atoms with Crippen LogP contribution in [0, 0.1) is 5.82 Å². The van der Waals surface area contributed by atoms with Crippen LogP contribution in [0.4, 0.5) is 13.2 Å². The second kappa shape index (κ2) is 9.67. The average Bonchev–Trinajstić information content (AvgIpc) is 3.29. The van der Waals surface area contributed by atoms with E-state index in [1.165, 1.54) is 36.5 Å². The first-order chi connectivity index (χ1) is 16.9. The number of nitrogens with zero attached hydrogens (tertiary/aromatic N) is 5. The normalized spacial score (nSPS) is 14.7. The number of halogens is 4. The summed E-state index contributed by atoms with van der Waals surface area (Å²) in [6.45, 7) is 2.91. The Bertz CT molecular complexity index is 1370. The molecule has 2 aromatic heterocycles. The lowest BCUT2D eigenvalue weighted by molar-refractivity contribution is 0.0630. The van der Waals surface area contributed by atoms with E-state index in [0.29, 0.717) is 43.3 Å². The van der Waals surface area contributed by atoms with Gasteiger partial charge < -0.3 is 4.90 Å². The first-order valence-electron chi connectivity index (χ1n) is 11.1.